The van der Waals surface area contributed by atoms with Gasteiger partial charge in [0.15, 0.2) is 4.67 Å². The van der Waals surface area contributed by atoms with Crippen LogP contribution in [0.25, 0.3) is 0 Å². The first-order valence-corrected chi connectivity index (χ1v) is 7.18. The van der Waals surface area contributed by atoms with Crippen molar-refractivity contribution in [1.82, 2.24) is 10.2 Å². The van der Waals surface area contributed by atoms with Gasteiger partial charge >= 0.3 is 0 Å². The Hall–Kier alpha value is -0.320. The van der Waals surface area contributed by atoms with E-state index in [1.807, 2.05) is 12.1 Å². The van der Waals surface area contributed by atoms with E-state index in [2.05, 4.69) is 40.0 Å². The van der Waals surface area contributed by atoms with Crippen LogP contribution in [0.2, 0.25) is 0 Å². The third kappa shape index (κ3) is 3.83. The zero-order valence-corrected chi connectivity index (χ0v) is 12.2. The second-order valence-corrected chi connectivity index (χ2v) is 5.72. The van der Waals surface area contributed by atoms with Gasteiger partial charge in [-0.15, -0.1) is 0 Å². The average Bonchev–Trinajstić information content (AvgIpc) is 2.89. The Labute approximate surface area is 112 Å². The highest BCUT2D eigenvalue weighted by atomic mass is 79.9. The molecule has 3 nitrogen and oxygen atoms in total. The van der Waals surface area contributed by atoms with E-state index in [4.69, 9.17) is 4.42 Å². The summed E-state index contributed by atoms with van der Waals surface area (Å²) in [6, 6.07) is 4.72. The van der Waals surface area contributed by atoms with Crippen LogP contribution in [0.4, 0.5) is 0 Å². The maximum atomic E-state index is 5.56. The Kier molecular flexibility index (Phi) is 4.65. The molecule has 2 unspecified atom stereocenters. The molecule has 1 saturated heterocycles. The van der Waals surface area contributed by atoms with E-state index in [1.165, 1.54) is 25.9 Å². The van der Waals surface area contributed by atoms with Gasteiger partial charge in [-0.25, -0.2) is 0 Å². The van der Waals surface area contributed by atoms with Crippen LogP contribution in [0.15, 0.2) is 21.2 Å². The molecule has 0 saturated carbocycles. The van der Waals surface area contributed by atoms with Gasteiger partial charge < -0.3 is 14.6 Å². The normalized spacial score (nSPS) is 20.6. The van der Waals surface area contributed by atoms with Crippen LogP contribution in [-0.2, 0) is 0 Å². The molecule has 1 aliphatic heterocycles. The number of nitrogens with one attached hydrogen (secondary N) is 1. The van der Waals surface area contributed by atoms with Gasteiger partial charge in [0.05, 0.1) is 6.04 Å². The van der Waals surface area contributed by atoms with Crippen molar-refractivity contribution in [2.45, 2.75) is 38.8 Å². The van der Waals surface area contributed by atoms with Crippen molar-refractivity contribution < 1.29 is 4.42 Å². The Morgan fingerprint density at radius 1 is 1.35 bits per heavy atom. The molecule has 0 bridgehead atoms. The highest BCUT2D eigenvalue weighted by Crippen LogP contribution is 2.20. The molecule has 1 aliphatic rings. The lowest BCUT2D eigenvalue weighted by Gasteiger charge is -2.23. The second kappa shape index (κ2) is 6.03. The minimum atomic E-state index is 0.263. The summed E-state index contributed by atoms with van der Waals surface area (Å²) in [5.41, 5.74) is 0. The number of nitrogens with zero attached hydrogens (tertiary/aromatic N) is 1. The summed E-state index contributed by atoms with van der Waals surface area (Å²) in [6.07, 6.45) is 2.71. The summed E-state index contributed by atoms with van der Waals surface area (Å²) in [5.74, 6) is 0.991. The van der Waals surface area contributed by atoms with Gasteiger partial charge in [-0.05, 0) is 67.8 Å². The van der Waals surface area contributed by atoms with E-state index in [0.29, 0.717) is 6.04 Å². The van der Waals surface area contributed by atoms with Gasteiger partial charge in [0.1, 0.15) is 5.76 Å². The number of likely N-dealkylation sites (tertiary alicyclic amines) is 1. The first-order valence-electron chi connectivity index (χ1n) is 6.39. The van der Waals surface area contributed by atoms with Crippen molar-refractivity contribution in [1.29, 1.82) is 0 Å². The predicted molar refractivity (Wildman–Crippen MR) is 73.1 cm³/mol. The lowest BCUT2D eigenvalue weighted by Crippen LogP contribution is -2.39. The van der Waals surface area contributed by atoms with E-state index in [-0.39, 0.29) is 6.04 Å². The van der Waals surface area contributed by atoms with E-state index >= 15 is 0 Å². The molecule has 1 aromatic heterocycles. The molecule has 1 aromatic rings. The smallest absolute Gasteiger partial charge is 0.169 e. The molecule has 0 aliphatic carbocycles. The number of furan rings is 1. The molecule has 2 atom stereocenters. The number of hydrogen-bond donors (Lipinski definition) is 1. The monoisotopic (exact) mass is 300 g/mol. The molecule has 2 rings (SSSR count). The molecular formula is C13H21BrN2O. The van der Waals surface area contributed by atoms with Gasteiger partial charge in [-0.1, -0.05) is 0 Å². The minimum absolute atomic E-state index is 0.263. The molecule has 4 heteroatoms. The van der Waals surface area contributed by atoms with Crippen molar-refractivity contribution in [3.63, 3.8) is 0 Å². The lowest BCUT2D eigenvalue weighted by atomic mass is 10.2. The highest BCUT2D eigenvalue weighted by molar-refractivity contribution is 9.10. The average molecular weight is 301 g/mol. The summed E-state index contributed by atoms with van der Waals surface area (Å²) < 4.78 is 6.36. The third-order valence-corrected chi connectivity index (χ3v) is 3.71. The van der Waals surface area contributed by atoms with E-state index in [9.17, 15) is 0 Å². The van der Waals surface area contributed by atoms with Crippen LogP contribution >= 0.6 is 15.9 Å². The van der Waals surface area contributed by atoms with Crippen LogP contribution in [0, 0.1) is 0 Å². The summed E-state index contributed by atoms with van der Waals surface area (Å²) in [4.78, 5) is 2.53. The fourth-order valence-electron chi connectivity index (χ4n) is 2.48. The van der Waals surface area contributed by atoms with Gasteiger partial charge in [0.2, 0.25) is 0 Å². The van der Waals surface area contributed by atoms with Crippen LogP contribution in [-0.4, -0.2) is 30.6 Å². The standard InChI is InChI=1S/C13H21BrN2O/c1-10(9-16-7-3-4-8-16)15-11(2)12-5-6-13(14)17-12/h5-6,10-11,15H,3-4,7-9H2,1-2H3. The largest absolute Gasteiger partial charge is 0.453 e. The zero-order chi connectivity index (χ0) is 12.3. The SMILES string of the molecule is CC(CN1CCCC1)NC(C)c1ccc(Br)o1. The summed E-state index contributed by atoms with van der Waals surface area (Å²) in [6.45, 7) is 8.03. The fraction of sp³-hybridized carbons (Fsp3) is 0.692. The van der Waals surface area contributed by atoms with Crippen molar-refractivity contribution in [2.24, 2.45) is 0 Å². The Balaban J connectivity index is 1.79. The van der Waals surface area contributed by atoms with Crippen LogP contribution in [0.5, 0.6) is 0 Å². The predicted octanol–water partition coefficient (Wildman–Crippen LogP) is 3.18. The number of rotatable bonds is 5. The van der Waals surface area contributed by atoms with Gasteiger partial charge in [0.25, 0.3) is 0 Å². The van der Waals surface area contributed by atoms with Crippen LogP contribution < -0.4 is 5.32 Å². The van der Waals surface area contributed by atoms with Crippen LogP contribution in [0.1, 0.15) is 38.5 Å². The summed E-state index contributed by atoms with van der Waals surface area (Å²) in [7, 11) is 0. The molecule has 2 heterocycles. The molecule has 0 spiro atoms. The van der Waals surface area contributed by atoms with E-state index in [0.717, 1.165) is 17.0 Å². The Bertz CT molecular complexity index is 347. The molecule has 17 heavy (non-hydrogen) atoms. The fourth-order valence-corrected chi connectivity index (χ4v) is 2.79. The minimum Gasteiger partial charge on any atom is -0.453 e. The van der Waals surface area contributed by atoms with Gasteiger partial charge in [-0.3, -0.25) is 0 Å². The van der Waals surface area contributed by atoms with E-state index in [1.54, 1.807) is 0 Å². The molecule has 0 aromatic carbocycles. The lowest BCUT2D eigenvalue weighted by molar-refractivity contribution is 0.281. The summed E-state index contributed by atoms with van der Waals surface area (Å²) >= 11 is 3.33. The summed E-state index contributed by atoms with van der Waals surface area (Å²) in [5, 5.41) is 3.58. The quantitative estimate of drug-likeness (QED) is 0.905. The maximum absolute atomic E-state index is 5.56. The third-order valence-electron chi connectivity index (χ3n) is 3.29. The molecule has 1 N–H and O–H groups in total. The highest BCUT2D eigenvalue weighted by Gasteiger charge is 2.17. The van der Waals surface area contributed by atoms with Gasteiger partial charge in [0, 0.05) is 12.6 Å². The van der Waals surface area contributed by atoms with Crippen molar-refractivity contribution in [3.05, 3.63) is 22.6 Å². The number of hydrogen-bond acceptors (Lipinski definition) is 3. The Morgan fingerprint density at radius 3 is 2.65 bits per heavy atom. The Morgan fingerprint density at radius 2 is 2.06 bits per heavy atom. The molecule has 1 fully saturated rings. The second-order valence-electron chi connectivity index (χ2n) is 4.94. The van der Waals surface area contributed by atoms with Crippen molar-refractivity contribution in [2.75, 3.05) is 19.6 Å². The number of halogens is 1. The first kappa shape index (κ1) is 13.1. The van der Waals surface area contributed by atoms with Gasteiger partial charge in [-0.2, -0.15) is 0 Å². The van der Waals surface area contributed by atoms with E-state index < -0.39 is 0 Å². The molecule has 0 amide bonds. The first-order chi connectivity index (χ1) is 8.15. The molecule has 96 valence electrons. The molecule has 0 radical (unpaired) electrons. The zero-order valence-electron chi connectivity index (χ0n) is 10.6. The van der Waals surface area contributed by atoms with Crippen molar-refractivity contribution in [3.8, 4) is 0 Å². The molecular weight excluding hydrogens is 280 g/mol. The topological polar surface area (TPSA) is 28.4 Å². The maximum Gasteiger partial charge on any atom is 0.169 e. The van der Waals surface area contributed by atoms with Crippen LogP contribution in [0.3, 0.4) is 0 Å². The van der Waals surface area contributed by atoms with Crippen molar-refractivity contribution >= 4 is 15.9 Å².